The molecule has 5 nitrogen and oxygen atoms in total. The lowest BCUT2D eigenvalue weighted by Crippen LogP contribution is -2.28. The van der Waals surface area contributed by atoms with Crippen LogP contribution in [0.1, 0.15) is 38.8 Å². The van der Waals surface area contributed by atoms with Gasteiger partial charge in [-0.3, -0.25) is 0 Å². The Bertz CT molecular complexity index is 1040. The molecule has 0 amide bonds. The largest absolute Gasteiger partial charge is 0.492 e. The van der Waals surface area contributed by atoms with Crippen LogP contribution < -0.4 is 9.47 Å². The van der Waals surface area contributed by atoms with Crippen molar-refractivity contribution in [3.63, 3.8) is 0 Å². The Labute approximate surface area is 211 Å². The predicted molar refractivity (Wildman–Crippen MR) is 136 cm³/mol. The Balaban J connectivity index is 2.13. The van der Waals surface area contributed by atoms with Crippen LogP contribution in [0, 0.1) is 5.92 Å². The third kappa shape index (κ3) is 7.93. The van der Waals surface area contributed by atoms with Crippen LogP contribution in [0.3, 0.4) is 0 Å². The SMILES string of the molecule is CCS(=O)(=O)C[C@@H](O)COc1ccc(C(C)(C)c2ccc(OC[C@H](C)CCl)c(Cl)c2)cc1Cl. The maximum atomic E-state index is 11.6. The minimum atomic E-state index is -3.29. The van der Waals surface area contributed by atoms with Gasteiger partial charge in [0.05, 0.1) is 22.4 Å². The van der Waals surface area contributed by atoms with Crippen molar-refractivity contribution in [1.29, 1.82) is 0 Å². The Morgan fingerprint density at radius 1 is 0.970 bits per heavy atom. The van der Waals surface area contributed by atoms with Crippen LogP contribution >= 0.6 is 34.8 Å². The third-order valence-electron chi connectivity index (χ3n) is 5.41. The molecule has 0 aromatic heterocycles. The van der Waals surface area contributed by atoms with Crippen LogP contribution in [0.2, 0.25) is 10.0 Å². The second-order valence-electron chi connectivity index (χ2n) is 8.65. The van der Waals surface area contributed by atoms with Gasteiger partial charge in [-0.2, -0.15) is 0 Å². The van der Waals surface area contributed by atoms with Crippen molar-refractivity contribution in [2.24, 2.45) is 5.92 Å². The summed E-state index contributed by atoms with van der Waals surface area (Å²) in [4.78, 5) is 0. The van der Waals surface area contributed by atoms with Crippen molar-refractivity contribution in [3.8, 4) is 11.5 Å². The molecule has 0 radical (unpaired) electrons. The second kappa shape index (κ2) is 12.0. The number of hydrogen-bond donors (Lipinski definition) is 1. The van der Waals surface area contributed by atoms with Crippen LogP contribution in [0.25, 0.3) is 0 Å². The topological polar surface area (TPSA) is 72.8 Å². The minimum Gasteiger partial charge on any atom is -0.492 e. The number of hydrogen-bond acceptors (Lipinski definition) is 5. The van der Waals surface area contributed by atoms with E-state index in [4.69, 9.17) is 44.3 Å². The standard InChI is InChI=1S/C24H31Cl3O5S/c1-5-33(29,30)15-19(28)14-32-23-9-7-18(11-21(23)27)24(3,4)17-6-8-22(20(26)10-17)31-13-16(2)12-25/h6-11,16,19,28H,5,12-15H2,1-4H3/t16-,19+/m1/s1. The number of aliphatic hydroxyl groups is 1. The Morgan fingerprint density at radius 3 is 1.88 bits per heavy atom. The number of halogens is 3. The molecular formula is C24H31Cl3O5S. The van der Waals surface area contributed by atoms with Crippen LogP contribution in [-0.4, -0.2) is 50.2 Å². The average molecular weight is 538 g/mol. The molecule has 0 saturated heterocycles. The number of rotatable bonds is 12. The van der Waals surface area contributed by atoms with Gasteiger partial charge in [0, 0.05) is 23.0 Å². The zero-order chi connectivity index (χ0) is 24.8. The highest BCUT2D eigenvalue weighted by molar-refractivity contribution is 7.91. The lowest BCUT2D eigenvalue weighted by atomic mass is 9.78. The van der Waals surface area contributed by atoms with Crippen LogP contribution in [-0.2, 0) is 15.3 Å². The van der Waals surface area contributed by atoms with Crippen molar-refractivity contribution >= 4 is 44.6 Å². The highest BCUT2D eigenvalue weighted by Gasteiger charge is 2.25. The number of aliphatic hydroxyl groups excluding tert-OH is 1. The predicted octanol–water partition coefficient (Wildman–Crippen LogP) is 5.75. The number of benzene rings is 2. The number of alkyl halides is 1. The molecule has 2 atom stereocenters. The summed E-state index contributed by atoms with van der Waals surface area (Å²) >= 11 is 18.7. The fourth-order valence-electron chi connectivity index (χ4n) is 3.10. The zero-order valence-electron chi connectivity index (χ0n) is 19.3. The molecule has 0 aliphatic carbocycles. The second-order valence-corrected chi connectivity index (χ2v) is 12.2. The molecule has 1 N–H and O–H groups in total. The first-order valence-corrected chi connectivity index (χ1v) is 13.8. The van der Waals surface area contributed by atoms with Crippen molar-refractivity contribution in [2.75, 3.05) is 30.6 Å². The Morgan fingerprint density at radius 2 is 1.45 bits per heavy atom. The summed E-state index contributed by atoms with van der Waals surface area (Å²) in [5.74, 6) is 1.34. The molecule has 0 aliphatic rings. The van der Waals surface area contributed by atoms with E-state index >= 15 is 0 Å². The first-order chi connectivity index (χ1) is 15.4. The normalized spacial score (nSPS) is 14.1. The lowest BCUT2D eigenvalue weighted by Gasteiger charge is -2.27. The van der Waals surface area contributed by atoms with Crippen molar-refractivity contribution < 1.29 is 23.0 Å². The maximum Gasteiger partial charge on any atom is 0.152 e. The number of ether oxygens (including phenoxy) is 2. The van der Waals surface area contributed by atoms with Crippen LogP contribution in [0.15, 0.2) is 36.4 Å². The van der Waals surface area contributed by atoms with Crippen molar-refractivity contribution in [3.05, 3.63) is 57.6 Å². The first-order valence-electron chi connectivity index (χ1n) is 10.7. The van der Waals surface area contributed by atoms with Crippen molar-refractivity contribution in [1.82, 2.24) is 0 Å². The van der Waals surface area contributed by atoms with Gasteiger partial charge in [0.1, 0.15) is 24.2 Å². The average Bonchev–Trinajstić information content (AvgIpc) is 2.76. The van der Waals surface area contributed by atoms with E-state index in [-0.39, 0.29) is 24.0 Å². The molecule has 0 spiro atoms. The third-order valence-corrected chi connectivity index (χ3v) is 8.30. The molecular weight excluding hydrogens is 507 g/mol. The lowest BCUT2D eigenvalue weighted by molar-refractivity contribution is 0.125. The molecule has 2 rings (SSSR count). The molecule has 0 heterocycles. The summed E-state index contributed by atoms with van der Waals surface area (Å²) in [6.45, 7) is 7.98. The molecule has 0 unspecified atom stereocenters. The molecule has 9 heteroatoms. The first kappa shape index (κ1) is 28.1. The van der Waals surface area contributed by atoms with E-state index in [9.17, 15) is 13.5 Å². The molecule has 2 aromatic rings. The Hall–Kier alpha value is -1.18. The fourth-order valence-corrected chi connectivity index (χ4v) is 4.58. The monoisotopic (exact) mass is 536 g/mol. The zero-order valence-corrected chi connectivity index (χ0v) is 22.4. The van der Waals surface area contributed by atoms with Gasteiger partial charge in [-0.25, -0.2) is 8.42 Å². The molecule has 0 saturated carbocycles. The molecule has 2 aromatic carbocycles. The summed E-state index contributed by atoms with van der Waals surface area (Å²) in [7, 11) is -3.29. The summed E-state index contributed by atoms with van der Waals surface area (Å²) < 4.78 is 34.6. The molecule has 33 heavy (non-hydrogen) atoms. The van der Waals surface area contributed by atoms with E-state index in [2.05, 4.69) is 13.8 Å². The highest BCUT2D eigenvalue weighted by Crippen LogP contribution is 2.38. The minimum absolute atomic E-state index is 0.0295. The summed E-state index contributed by atoms with van der Waals surface area (Å²) in [5, 5.41) is 10.8. The Kier molecular flexibility index (Phi) is 10.2. The van der Waals surface area contributed by atoms with E-state index in [1.54, 1.807) is 12.1 Å². The quantitative estimate of drug-likeness (QED) is 0.349. The molecule has 0 fully saturated rings. The van der Waals surface area contributed by atoms with Crippen LogP contribution in [0.5, 0.6) is 11.5 Å². The van der Waals surface area contributed by atoms with E-state index in [0.29, 0.717) is 34.0 Å². The highest BCUT2D eigenvalue weighted by atomic mass is 35.5. The van der Waals surface area contributed by atoms with Gasteiger partial charge in [-0.15, -0.1) is 11.6 Å². The molecule has 0 bridgehead atoms. The van der Waals surface area contributed by atoms with Crippen LogP contribution in [0.4, 0.5) is 0 Å². The summed E-state index contributed by atoms with van der Waals surface area (Å²) in [6, 6.07) is 11.1. The van der Waals surface area contributed by atoms with Gasteiger partial charge in [0.15, 0.2) is 9.84 Å². The van der Waals surface area contributed by atoms with Gasteiger partial charge in [-0.1, -0.05) is 63.0 Å². The summed E-state index contributed by atoms with van der Waals surface area (Å²) in [6.07, 6.45) is -1.13. The van der Waals surface area contributed by atoms with E-state index < -0.39 is 21.4 Å². The van der Waals surface area contributed by atoms with Gasteiger partial charge in [-0.05, 0) is 35.4 Å². The van der Waals surface area contributed by atoms with E-state index in [0.717, 1.165) is 11.1 Å². The van der Waals surface area contributed by atoms with Crippen molar-refractivity contribution in [2.45, 2.75) is 39.2 Å². The van der Waals surface area contributed by atoms with Gasteiger partial charge < -0.3 is 14.6 Å². The van der Waals surface area contributed by atoms with Gasteiger partial charge in [0.2, 0.25) is 0 Å². The van der Waals surface area contributed by atoms with Gasteiger partial charge in [0.25, 0.3) is 0 Å². The molecule has 0 aliphatic heterocycles. The van der Waals surface area contributed by atoms with E-state index in [1.807, 2.05) is 31.2 Å². The summed E-state index contributed by atoms with van der Waals surface area (Å²) in [5.41, 5.74) is 1.51. The number of sulfone groups is 1. The van der Waals surface area contributed by atoms with Gasteiger partial charge >= 0.3 is 0 Å². The van der Waals surface area contributed by atoms with E-state index in [1.165, 1.54) is 6.92 Å². The smallest absolute Gasteiger partial charge is 0.152 e. The fraction of sp³-hybridized carbons (Fsp3) is 0.500. The maximum absolute atomic E-state index is 11.6. The molecule has 184 valence electrons.